The number of anilines is 1. The molecule has 0 spiro atoms. The van der Waals surface area contributed by atoms with Crippen molar-refractivity contribution < 1.29 is 0 Å². The molecule has 0 aliphatic carbocycles. The number of hydrogen-bond acceptors (Lipinski definition) is 2. The van der Waals surface area contributed by atoms with Crippen LogP contribution in [-0.2, 0) is 6.54 Å². The molecule has 0 saturated heterocycles. The van der Waals surface area contributed by atoms with Crippen LogP contribution in [0.4, 0.5) is 5.82 Å². The smallest absolute Gasteiger partial charge is 0.126 e. The van der Waals surface area contributed by atoms with Crippen molar-refractivity contribution in [2.75, 3.05) is 5.32 Å². The summed E-state index contributed by atoms with van der Waals surface area (Å²) in [6.07, 6.45) is 0. The molecule has 0 atom stereocenters. The molecule has 0 aliphatic heterocycles. The maximum Gasteiger partial charge on any atom is 0.126 e. The lowest BCUT2D eigenvalue weighted by molar-refractivity contribution is 1.09. The Balaban J connectivity index is 1.99. The van der Waals surface area contributed by atoms with Crippen molar-refractivity contribution in [1.82, 2.24) is 4.98 Å². The van der Waals surface area contributed by atoms with Crippen LogP contribution in [0.1, 0.15) is 11.3 Å². The summed E-state index contributed by atoms with van der Waals surface area (Å²) in [7, 11) is 0. The van der Waals surface area contributed by atoms with Gasteiger partial charge in [-0.05, 0) is 36.8 Å². The Morgan fingerprint density at radius 3 is 2.56 bits per heavy atom. The topological polar surface area (TPSA) is 24.9 Å². The van der Waals surface area contributed by atoms with Gasteiger partial charge in [0, 0.05) is 17.3 Å². The summed E-state index contributed by atoms with van der Waals surface area (Å²) < 4.78 is 0. The lowest BCUT2D eigenvalue weighted by Gasteiger charge is -2.06. The summed E-state index contributed by atoms with van der Waals surface area (Å²) in [6.45, 7) is 2.74. The van der Waals surface area contributed by atoms with Crippen molar-refractivity contribution in [3.05, 3.63) is 58.7 Å². The maximum absolute atomic E-state index is 5.82. The highest BCUT2D eigenvalue weighted by molar-refractivity contribution is 6.30. The van der Waals surface area contributed by atoms with Crippen molar-refractivity contribution >= 4 is 17.4 Å². The zero-order chi connectivity index (χ0) is 11.4. The second-order valence-corrected chi connectivity index (χ2v) is 4.08. The first kappa shape index (κ1) is 11.0. The van der Waals surface area contributed by atoms with E-state index in [-0.39, 0.29) is 0 Å². The number of rotatable bonds is 3. The second-order valence-electron chi connectivity index (χ2n) is 3.64. The molecule has 2 rings (SSSR count). The number of pyridine rings is 1. The van der Waals surface area contributed by atoms with Crippen LogP contribution in [0.3, 0.4) is 0 Å². The van der Waals surface area contributed by atoms with E-state index in [0.29, 0.717) is 0 Å². The van der Waals surface area contributed by atoms with Gasteiger partial charge in [0.05, 0.1) is 0 Å². The standard InChI is InChI=1S/C13H13ClN2/c1-10-3-2-4-13(16-10)15-9-11-5-7-12(14)8-6-11/h2-8H,9H2,1H3,(H,15,16). The predicted octanol–water partition coefficient (Wildman–Crippen LogP) is 3.66. The molecule has 0 bridgehead atoms. The van der Waals surface area contributed by atoms with Gasteiger partial charge in [-0.2, -0.15) is 0 Å². The Labute approximate surface area is 100 Å². The van der Waals surface area contributed by atoms with E-state index in [9.17, 15) is 0 Å². The number of nitrogens with one attached hydrogen (secondary N) is 1. The van der Waals surface area contributed by atoms with Gasteiger partial charge >= 0.3 is 0 Å². The van der Waals surface area contributed by atoms with Gasteiger partial charge in [0.25, 0.3) is 0 Å². The minimum Gasteiger partial charge on any atom is -0.366 e. The van der Waals surface area contributed by atoms with Gasteiger partial charge in [-0.15, -0.1) is 0 Å². The SMILES string of the molecule is Cc1cccc(NCc2ccc(Cl)cc2)n1. The highest BCUT2D eigenvalue weighted by Crippen LogP contribution is 2.11. The van der Waals surface area contributed by atoms with Gasteiger partial charge in [-0.25, -0.2) is 4.98 Å². The molecule has 0 saturated carbocycles. The monoisotopic (exact) mass is 232 g/mol. The fraction of sp³-hybridized carbons (Fsp3) is 0.154. The third-order valence-corrected chi connectivity index (χ3v) is 2.53. The molecule has 82 valence electrons. The van der Waals surface area contributed by atoms with Crippen LogP contribution in [0.25, 0.3) is 0 Å². The predicted molar refractivity (Wildman–Crippen MR) is 67.8 cm³/mol. The Kier molecular flexibility index (Phi) is 3.42. The Morgan fingerprint density at radius 1 is 1.12 bits per heavy atom. The van der Waals surface area contributed by atoms with Crippen LogP contribution >= 0.6 is 11.6 Å². The fourth-order valence-electron chi connectivity index (χ4n) is 1.44. The zero-order valence-corrected chi connectivity index (χ0v) is 9.83. The molecule has 2 aromatic rings. The molecule has 0 unspecified atom stereocenters. The summed E-state index contributed by atoms with van der Waals surface area (Å²) in [5, 5.41) is 4.03. The minimum absolute atomic E-state index is 0.758. The van der Waals surface area contributed by atoms with Gasteiger partial charge in [-0.3, -0.25) is 0 Å². The van der Waals surface area contributed by atoms with E-state index >= 15 is 0 Å². The van der Waals surface area contributed by atoms with E-state index in [1.807, 2.05) is 49.4 Å². The zero-order valence-electron chi connectivity index (χ0n) is 9.07. The fourth-order valence-corrected chi connectivity index (χ4v) is 1.56. The summed E-state index contributed by atoms with van der Waals surface area (Å²) in [4.78, 5) is 4.37. The van der Waals surface area contributed by atoms with Gasteiger partial charge in [0.15, 0.2) is 0 Å². The van der Waals surface area contributed by atoms with Crippen molar-refractivity contribution in [3.63, 3.8) is 0 Å². The highest BCUT2D eigenvalue weighted by atomic mass is 35.5. The number of hydrogen-bond donors (Lipinski definition) is 1. The summed E-state index contributed by atoms with van der Waals surface area (Å²) in [5.41, 5.74) is 2.20. The lowest BCUT2D eigenvalue weighted by Crippen LogP contribution is -2.01. The van der Waals surface area contributed by atoms with E-state index in [2.05, 4.69) is 10.3 Å². The second kappa shape index (κ2) is 4.99. The van der Waals surface area contributed by atoms with Crippen molar-refractivity contribution in [3.8, 4) is 0 Å². The number of halogens is 1. The van der Waals surface area contributed by atoms with Crippen molar-refractivity contribution in [2.24, 2.45) is 0 Å². The maximum atomic E-state index is 5.82. The molecule has 0 aliphatic rings. The minimum atomic E-state index is 0.758. The van der Waals surface area contributed by atoms with Crippen LogP contribution in [0.15, 0.2) is 42.5 Å². The highest BCUT2D eigenvalue weighted by Gasteiger charge is 1.95. The normalized spacial score (nSPS) is 10.1. The molecule has 1 N–H and O–H groups in total. The number of aryl methyl sites for hydroxylation is 1. The molecule has 1 aromatic carbocycles. The number of nitrogens with zero attached hydrogens (tertiary/aromatic N) is 1. The third-order valence-electron chi connectivity index (χ3n) is 2.28. The van der Waals surface area contributed by atoms with Crippen LogP contribution in [0, 0.1) is 6.92 Å². The Morgan fingerprint density at radius 2 is 1.88 bits per heavy atom. The molecule has 0 fully saturated rings. The van der Waals surface area contributed by atoms with Gasteiger partial charge in [0.2, 0.25) is 0 Å². The average Bonchev–Trinajstić information content (AvgIpc) is 2.28. The molecule has 0 radical (unpaired) electrons. The molecule has 1 aromatic heterocycles. The molecule has 16 heavy (non-hydrogen) atoms. The van der Waals surface area contributed by atoms with E-state index < -0.39 is 0 Å². The lowest BCUT2D eigenvalue weighted by atomic mass is 10.2. The van der Waals surface area contributed by atoms with Crippen molar-refractivity contribution in [2.45, 2.75) is 13.5 Å². The molecule has 1 heterocycles. The number of aromatic nitrogens is 1. The van der Waals surface area contributed by atoms with Crippen LogP contribution in [0.5, 0.6) is 0 Å². The summed E-state index contributed by atoms with van der Waals surface area (Å²) in [5.74, 6) is 0.898. The first-order valence-electron chi connectivity index (χ1n) is 5.16. The van der Waals surface area contributed by atoms with Crippen LogP contribution < -0.4 is 5.32 Å². The van der Waals surface area contributed by atoms with E-state index in [4.69, 9.17) is 11.6 Å². The largest absolute Gasteiger partial charge is 0.366 e. The van der Waals surface area contributed by atoms with E-state index in [0.717, 1.165) is 23.1 Å². The van der Waals surface area contributed by atoms with E-state index in [1.54, 1.807) is 0 Å². The first-order chi connectivity index (χ1) is 7.74. The van der Waals surface area contributed by atoms with Crippen LogP contribution in [-0.4, -0.2) is 4.98 Å². The Bertz CT molecular complexity index is 466. The first-order valence-corrected chi connectivity index (χ1v) is 5.54. The van der Waals surface area contributed by atoms with Gasteiger partial charge in [-0.1, -0.05) is 29.8 Å². The van der Waals surface area contributed by atoms with Crippen LogP contribution in [0.2, 0.25) is 5.02 Å². The average molecular weight is 233 g/mol. The molecule has 2 nitrogen and oxygen atoms in total. The number of benzene rings is 1. The summed E-state index contributed by atoms with van der Waals surface area (Å²) in [6, 6.07) is 13.7. The van der Waals surface area contributed by atoms with Gasteiger partial charge in [0.1, 0.15) is 5.82 Å². The molecule has 0 amide bonds. The molecular weight excluding hydrogens is 220 g/mol. The summed E-state index contributed by atoms with van der Waals surface area (Å²) >= 11 is 5.82. The van der Waals surface area contributed by atoms with Gasteiger partial charge < -0.3 is 5.32 Å². The Hall–Kier alpha value is -1.54. The third kappa shape index (κ3) is 2.97. The molecule has 3 heteroatoms. The quantitative estimate of drug-likeness (QED) is 0.874. The molecular formula is C13H13ClN2. The van der Waals surface area contributed by atoms with E-state index in [1.165, 1.54) is 5.56 Å². The van der Waals surface area contributed by atoms with Crippen molar-refractivity contribution in [1.29, 1.82) is 0 Å².